The lowest BCUT2D eigenvalue weighted by Gasteiger charge is -2.41. The summed E-state index contributed by atoms with van der Waals surface area (Å²) in [4.78, 5) is 13.5. The molecule has 2 aliphatic rings. The summed E-state index contributed by atoms with van der Waals surface area (Å²) in [5, 5.41) is 9.47. The molecular formula is C11H20N2O3. The summed E-state index contributed by atoms with van der Waals surface area (Å²) in [5.41, 5.74) is 5.38. The largest absolute Gasteiger partial charge is 0.393 e. The minimum Gasteiger partial charge on any atom is -0.393 e. The van der Waals surface area contributed by atoms with Crippen LogP contribution in [0.3, 0.4) is 0 Å². The number of amides is 1. The summed E-state index contributed by atoms with van der Waals surface area (Å²) in [5.74, 6) is -0.300. The second-order valence-corrected chi connectivity index (χ2v) is 4.69. The lowest BCUT2D eigenvalue weighted by Crippen LogP contribution is -2.57. The molecule has 1 aliphatic heterocycles. The smallest absolute Gasteiger partial charge is 0.237 e. The fourth-order valence-corrected chi connectivity index (χ4v) is 2.69. The van der Waals surface area contributed by atoms with Gasteiger partial charge in [-0.3, -0.25) is 9.69 Å². The lowest BCUT2D eigenvalue weighted by atomic mass is 9.91. The van der Waals surface area contributed by atoms with E-state index in [0.29, 0.717) is 19.3 Å². The molecule has 16 heavy (non-hydrogen) atoms. The summed E-state index contributed by atoms with van der Waals surface area (Å²) in [6.45, 7) is 1.85. The number of nitrogens with two attached hydrogens (primary N) is 1. The highest BCUT2D eigenvalue weighted by Gasteiger charge is 2.34. The van der Waals surface area contributed by atoms with E-state index in [1.165, 1.54) is 0 Å². The first kappa shape index (κ1) is 11.8. The van der Waals surface area contributed by atoms with E-state index < -0.39 is 0 Å². The van der Waals surface area contributed by atoms with Crippen molar-refractivity contribution in [2.75, 3.05) is 19.8 Å². The van der Waals surface area contributed by atoms with Gasteiger partial charge in [0.25, 0.3) is 0 Å². The van der Waals surface area contributed by atoms with Gasteiger partial charge in [0.05, 0.1) is 19.3 Å². The van der Waals surface area contributed by atoms with Crippen LogP contribution >= 0.6 is 0 Å². The van der Waals surface area contributed by atoms with Gasteiger partial charge in [-0.2, -0.15) is 0 Å². The van der Waals surface area contributed by atoms with Gasteiger partial charge < -0.3 is 15.6 Å². The predicted molar refractivity (Wildman–Crippen MR) is 58.8 cm³/mol. The fraction of sp³-hybridized carbons (Fsp3) is 0.909. The fourth-order valence-electron chi connectivity index (χ4n) is 2.69. The van der Waals surface area contributed by atoms with Gasteiger partial charge in [0, 0.05) is 12.6 Å². The van der Waals surface area contributed by atoms with Crippen LogP contribution in [0.2, 0.25) is 0 Å². The van der Waals surface area contributed by atoms with E-state index in [2.05, 4.69) is 4.90 Å². The van der Waals surface area contributed by atoms with Gasteiger partial charge in [0.2, 0.25) is 5.91 Å². The van der Waals surface area contributed by atoms with Crippen LogP contribution in [-0.2, 0) is 9.53 Å². The summed E-state index contributed by atoms with van der Waals surface area (Å²) < 4.78 is 5.29. The first-order chi connectivity index (χ1) is 7.68. The highest BCUT2D eigenvalue weighted by molar-refractivity contribution is 5.80. The first-order valence-corrected chi connectivity index (χ1v) is 5.99. The lowest BCUT2D eigenvalue weighted by molar-refractivity contribution is -0.132. The maximum absolute atomic E-state index is 11.3. The first-order valence-electron chi connectivity index (χ1n) is 5.99. The number of carbonyl (C=O) groups is 1. The van der Waals surface area contributed by atoms with Gasteiger partial charge in [0.1, 0.15) is 6.04 Å². The summed E-state index contributed by atoms with van der Waals surface area (Å²) in [6.07, 6.45) is 3.39. The molecule has 0 spiro atoms. The van der Waals surface area contributed by atoms with Crippen LogP contribution in [0.4, 0.5) is 0 Å². The predicted octanol–water partition coefficient (Wildman–Crippen LogP) is -0.524. The Bertz CT molecular complexity index is 252. The molecular weight excluding hydrogens is 208 g/mol. The zero-order valence-corrected chi connectivity index (χ0v) is 9.47. The van der Waals surface area contributed by atoms with Crippen LogP contribution in [0.25, 0.3) is 0 Å². The van der Waals surface area contributed by atoms with E-state index in [9.17, 15) is 9.90 Å². The molecule has 5 heteroatoms. The molecule has 0 aromatic rings. The van der Waals surface area contributed by atoms with Crippen molar-refractivity contribution in [2.24, 2.45) is 5.73 Å². The topological polar surface area (TPSA) is 75.8 Å². The highest BCUT2D eigenvalue weighted by atomic mass is 16.5. The standard InChI is InChI=1S/C11H20N2O3/c12-11(15)10-7-16-6-5-13(10)8-1-3-9(14)4-2-8/h8-10,14H,1-7H2,(H2,12,15). The number of morpholine rings is 1. The van der Waals surface area contributed by atoms with E-state index in [1.54, 1.807) is 0 Å². The average molecular weight is 228 g/mol. The van der Waals surface area contributed by atoms with E-state index in [1.807, 2.05) is 0 Å². The highest BCUT2D eigenvalue weighted by Crippen LogP contribution is 2.25. The van der Waals surface area contributed by atoms with E-state index in [0.717, 1.165) is 32.2 Å². The van der Waals surface area contributed by atoms with Gasteiger partial charge in [-0.15, -0.1) is 0 Å². The minimum atomic E-state index is -0.300. The molecule has 3 N–H and O–H groups in total. The Labute approximate surface area is 95.5 Å². The average Bonchev–Trinajstić information content (AvgIpc) is 2.30. The van der Waals surface area contributed by atoms with Crippen LogP contribution < -0.4 is 5.73 Å². The van der Waals surface area contributed by atoms with Crippen LogP contribution in [0, 0.1) is 0 Å². The molecule has 0 bridgehead atoms. The van der Waals surface area contributed by atoms with Crippen molar-refractivity contribution in [1.29, 1.82) is 0 Å². The van der Waals surface area contributed by atoms with Crippen LogP contribution in [0.1, 0.15) is 25.7 Å². The van der Waals surface area contributed by atoms with E-state index >= 15 is 0 Å². The molecule has 1 atom stereocenters. The molecule has 1 saturated carbocycles. The second kappa shape index (κ2) is 5.12. The molecule has 92 valence electrons. The quantitative estimate of drug-likeness (QED) is 0.666. The zero-order chi connectivity index (χ0) is 11.5. The van der Waals surface area contributed by atoms with Crippen LogP contribution in [0.5, 0.6) is 0 Å². The Morgan fingerprint density at radius 3 is 2.62 bits per heavy atom. The van der Waals surface area contributed by atoms with Crippen molar-refractivity contribution < 1.29 is 14.6 Å². The Kier molecular flexibility index (Phi) is 3.78. The van der Waals surface area contributed by atoms with Crippen molar-refractivity contribution in [1.82, 2.24) is 4.90 Å². The maximum atomic E-state index is 11.3. The number of aliphatic hydroxyl groups is 1. The number of primary amides is 1. The third-order valence-electron chi connectivity index (χ3n) is 3.63. The Balaban J connectivity index is 1.97. The van der Waals surface area contributed by atoms with Crippen molar-refractivity contribution in [3.63, 3.8) is 0 Å². The molecule has 2 rings (SSSR count). The zero-order valence-electron chi connectivity index (χ0n) is 9.47. The molecule has 0 aromatic carbocycles. The molecule has 2 fully saturated rings. The number of nitrogens with zero attached hydrogens (tertiary/aromatic N) is 1. The summed E-state index contributed by atoms with van der Waals surface area (Å²) in [7, 11) is 0. The minimum absolute atomic E-state index is 0.163. The number of aliphatic hydroxyl groups excluding tert-OH is 1. The van der Waals surface area contributed by atoms with Crippen molar-refractivity contribution in [3.05, 3.63) is 0 Å². The number of hydrogen-bond acceptors (Lipinski definition) is 4. The molecule has 5 nitrogen and oxygen atoms in total. The van der Waals surface area contributed by atoms with Crippen LogP contribution in [0.15, 0.2) is 0 Å². The number of carbonyl (C=O) groups excluding carboxylic acids is 1. The second-order valence-electron chi connectivity index (χ2n) is 4.69. The molecule has 1 amide bonds. The van der Waals surface area contributed by atoms with Crippen LogP contribution in [-0.4, -0.2) is 53.9 Å². The third-order valence-corrected chi connectivity index (χ3v) is 3.63. The Hall–Kier alpha value is -0.650. The van der Waals surface area contributed by atoms with Gasteiger partial charge in [-0.25, -0.2) is 0 Å². The summed E-state index contributed by atoms with van der Waals surface area (Å²) >= 11 is 0. The number of hydrogen-bond donors (Lipinski definition) is 2. The SMILES string of the molecule is NC(=O)C1COCCN1C1CCC(O)CC1. The summed E-state index contributed by atoms with van der Waals surface area (Å²) in [6, 6.07) is 0.0961. The van der Waals surface area contributed by atoms with Crippen molar-refractivity contribution in [2.45, 2.75) is 43.9 Å². The molecule has 1 saturated heterocycles. The van der Waals surface area contributed by atoms with E-state index in [4.69, 9.17) is 10.5 Å². The maximum Gasteiger partial charge on any atom is 0.237 e. The number of rotatable bonds is 2. The normalized spacial score (nSPS) is 37.2. The molecule has 1 aliphatic carbocycles. The van der Waals surface area contributed by atoms with Gasteiger partial charge in [0.15, 0.2) is 0 Å². The van der Waals surface area contributed by atoms with E-state index in [-0.39, 0.29) is 18.1 Å². The monoisotopic (exact) mass is 228 g/mol. The van der Waals surface area contributed by atoms with Crippen molar-refractivity contribution in [3.8, 4) is 0 Å². The Morgan fingerprint density at radius 1 is 1.31 bits per heavy atom. The number of ether oxygens (including phenoxy) is 1. The Morgan fingerprint density at radius 2 is 2.00 bits per heavy atom. The molecule has 1 unspecified atom stereocenters. The molecule has 0 radical (unpaired) electrons. The molecule has 1 heterocycles. The van der Waals surface area contributed by atoms with Gasteiger partial charge >= 0.3 is 0 Å². The van der Waals surface area contributed by atoms with Gasteiger partial charge in [-0.05, 0) is 25.7 Å². The molecule has 0 aromatic heterocycles. The third kappa shape index (κ3) is 2.53. The van der Waals surface area contributed by atoms with Gasteiger partial charge in [-0.1, -0.05) is 0 Å². The van der Waals surface area contributed by atoms with Crippen molar-refractivity contribution >= 4 is 5.91 Å².